The molecule has 0 aliphatic carbocycles. The molecule has 1 unspecified atom stereocenters. The molecular weight excluding hydrogens is 434 g/mol. The highest BCUT2D eigenvalue weighted by Gasteiger charge is 2.31. The van der Waals surface area contributed by atoms with E-state index in [1.165, 1.54) is 11.8 Å². The monoisotopic (exact) mass is 465 g/mol. The minimum Gasteiger partial charge on any atom is -0.481 e. The molecule has 0 amide bonds. The number of nitrogens with zero attached hydrogens (tertiary/aromatic N) is 3. The lowest BCUT2D eigenvalue weighted by Crippen LogP contribution is -2.51. The maximum atomic E-state index is 11.2. The van der Waals surface area contributed by atoms with Gasteiger partial charge in [0.25, 0.3) is 0 Å². The average Bonchev–Trinajstić information content (AvgIpc) is 3.20. The zero-order valence-corrected chi connectivity index (χ0v) is 20.4. The van der Waals surface area contributed by atoms with Crippen LogP contribution >= 0.6 is 11.3 Å². The van der Waals surface area contributed by atoms with Gasteiger partial charge in [0.2, 0.25) is 0 Å². The molecule has 33 heavy (non-hydrogen) atoms. The van der Waals surface area contributed by atoms with Gasteiger partial charge in [0, 0.05) is 50.2 Å². The van der Waals surface area contributed by atoms with Crippen LogP contribution in [0.5, 0.6) is 0 Å². The highest BCUT2D eigenvalue weighted by Crippen LogP contribution is 2.36. The summed E-state index contributed by atoms with van der Waals surface area (Å²) in [4.78, 5) is 21.0. The smallest absolute Gasteiger partial charge is 0.307 e. The molecule has 3 N–H and O–H groups in total. The number of aliphatic carboxylic acids is 1. The number of carboxylic acids is 1. The number of fused-ring (bicyclic) bond motifs is 1. The van der Waals surface area contributed by atoms with Gasteiger partial charge in [-0.15, -0.1) is 0 Å². The van der Waals surface area contributed by atoms with Crippen LogP contribution in [0, 0.1) is 12.3 Å². The first-order valence-electron chi connectivity index (χ1n) is 11.3. The number of piperazine rings is 1. The quantitative estimate of drug-likeness (QED) is 0.444. The van der Waals surface area contributed by atoms with Crippen LogP contribution in [0.15, 0.2) is 30.3 Å². The Morgan fingerprint density at radius 3 is 2.79 bits per heavy atom. The van der Waals surface area contributed by atoms with Gasteiger partial charge in [0.1, 0.15) is 0 Å². The van der Waals surface area contributed by atoms with E-state index in [1.54, 1.807) is 11.3 Å². The maximum absolute atomic E-state index is 11.2. The van der Waals surface area contributed by atoms with E-state index in [-0.39, 0.29) is 12.5 Å². The second-order valence-electron chi connectivity index (χ2n) is 8.85. The molecule has 7 nitrogen and oxygen atoms in total. The van der Waals surface area contributed by atoms with Gasteiger partial charge in [0.05, 0.1) is 22.7 Å². The van der Waals surface area contributed by atoms with Gasteiger partial charge in [-0.1, -0.05) is 17.4 Å². The molecule has 8 heteroatoms. The van der Waals surface area contributed by atoms with Crippen molar-refractivity contribution in [3.63, 3.8) is 0 Å². The fourth-order valence-electron chi connectivity index (χ4n) is 4.62. The number of anilines is 2. The summed E-state index contributed by atoms with van der Waals surface area (Å²) >= 11 is 1.63. The van der Waals surface area contributed by atoms with Gasteiger partial charge in [-0.25, -0.2) is 4.98 Å². The van der Waals surface area contributed by atoms with Crippen molar-refractivity contribution in [3.8, 4) is 0 Å². The van der Waals surface area contributed by atoms with Crippen molar-refractivity contribution in [1.29, 1.82) is 5.41 Å². The van der Waals surface area contributed by atoms with Gasteiger partial charge in [-0.05, 0) is 61.7 Å². The highest BCUT2D eigenvalue weighted by molar-refractivity contribution is 7.22. The molecule has 2 aromatic carbocycles. The Morgan fingerprint density at radius 2 is 2.12 bits per heavy atom. The minimum atomic E-state index is -0.816. The number of aryl methyl sites for hydroxylation is 1. The van der Waals surface area contributed by atoms with E-state index in [9.17, 15) is 9.90 Å². The van der Waals surface area contributed by atoms with Crippen molar-refractivity contribution >= 4 is 44.6 Å². The fraction of sp³-hybridized carbons (Fsp3) is 0.400. The number of thiazole rings is 1. The lowest BCUT2D eigenvalue weighted by molar-refractivity contribution is -0.136. The Bertz CT molecular complexity index is 1190. The molecule has 1 fully saturated rings. The van der Waals surface area contributed by atoms with Gasteiger partial charge >= 0.3 is 5.97 Å². The summed E-state index contributed by atoms with van der Waals surface area (Å²) in [6, 6.07) is 10.9. The van der Waals surface area contributed by atoms with Crippen LogP contribution in [-0.2, 0) is 11.2 Å². The predicted octanol–water partition coefficient (Wildman–Crippen LogP) is 4.54. The van der Waals surface area contributed by atoms with Crippen LogP contribution in [0.2, 0.25) is 0 Å². The van der Waals surface area contributed by atoms with E-state index < -0.39 is 5.97 Å². The van der Waals surface area contributed by atoms with Gasteiger partial charge in [-0.3, -0.25) is 9.69 Å². The molecule has 0 radical (unpaired) electrons. The summed E-state index contributed by atoms with van der Waals surface area (Å²) in [6.07, 6.45) is 1.43. The molecule has 4 rings (SSSR count). The van der Waals surface area contributed by atoms with Crippen LogP contribution in [0.3, 0.4) is 0 Å². The molecular formula is C25H31N5O2S. The molecule has 1 aliphatic rings. The largest absolute Gasteiger partial charge is 0.481 e. The third-order valence-corrected chi connectivity index (χ3v) is 7.50. The fourth-order valence-corrected chi connectivity index (χ4v) is 5.66. The predicted molar refractivity (Wildman–Crippen MR) is 136 cm³/mol. The first-order valence-corrected chi connectivity index (χ1v) is 12.1. The van der Waals surface area contributed by atoms with Gasteiger partial charge in [0.15, 0.2) is 5.13 Å². The molecule has 2 heterocycles. The summed E-state index contributed by atoms with van der Waals surface area (Å²) in [7, 11) is 1.88. The number of hydrogen-bond donors (Lipinski definition) is 3. The third kappa shape index (κ3) is 4.72. The van der Waals surface area contributed by atoms with Crippen molar-refractivity contribution in [2.75, 3.05) is 36.9 Å². The second kappa shape index (κ2) is 9.49. The first kappa shape index (κ1) is 23.2. The minimum absolute atomic E-state index is 0.0299. The summed E-state index contributed by atoms with van der Waals surface area (Å²) < 4.78 is 1.03. The lowest BCUT2D eigenvalue weighted by atomic mass is 9.98. The zero-order chi connectivity index (χ0) is 23.7. The van der Waals surface area contributed by atoms with Crippen LogP contribution in [0.1, 0.15) is 42.1 Å². The van der Waals surface area contributed by atoms with Gasteiger partial charge in [-0.2, -0.15) is 0 Å². The molecule has 174 valence electrons. The summed E-state index contributed by atoms with van der Waals surface area (Å²) in [5.41, 5.74) is 5.78. The van der Waals surface area contributed by atoms with Crippen LogP contribution in [-0.4, -0.2) is 59.9 Å². The number of rotatable bonds is 7. The second-order valence-corrected chi connectivity index (χ2v) is 9.86. The van der Waals surface area contributed by atoms with E-state index in [2.05, 4.69) is 47.2 Å². The van der Waals surface area contributed by atoms with Crippen LogP contribution < -0.4 is 10.2 Å². The third-order valence-electron chi connectivity index (χ3n) is 6.42. The Labute approximate surface area is 198 Å². The Morgan fingerprint density at radius 1 is 1.33 bits per heavy atom. The lowest BCUT2D eigenvalue weighted by Gasteiger charge is -2.44. The van der Waals surface area contributed by atoms with Gasteiger partial charge < -0.3 is 20.7 Å². The molecule has 0 spiro atoms. The Balaban J connectivity index is 1.66. The number of benzene rings is 2. The van der Waals surface area contributed by atoms with E-state index in [4.69, 9.17) is 10.4 Å². The molecule has 0 bridgehead atoms. The number of carbonyl (C=O) groups is 1. The van der Waals surface area contributed by atoms with Crippen molar-refractivity contribution in [2.24, 2.45) is 0 Å². The maximum Gasteiger partial charge on any atom is 0.307 e. The van der Waals surface area contributed by atoms with E-state index in [1.807, 2.05) is 26.1 Å². The van der Waals surface area contributed by atoms with Crippen molar-refractivity contribution in [3.05, 3.63) is 52.6 Å². The molecule has 1 aliphatic heterocycles. The number of carboxylic acid groups (broad SMARTS) is 1. The topological polar surface area (TPSA) is 92.6 Å². The number of hydrogen-bond acceptors (Lipinski definition) is 7. The first-order chi connectivity index (χ1) is 15.8. The number of aromatic nitrogens is 1. The molecule has 1 atom stereocenters. The molecule has 0 saturated carbocycles. The summed E-state index contributed by atoms with van der Waals surface area (Å²) in [6.45, 7) is 9.04. The van der Waals surface area contributed by atoms with Crippen molar-refractivity contribution in [1.82, 2.24) is 9.88 Å². The van der Waals surface area contributed by atoms with E-state index in [0.29, 0.717) is 6.04 Å². The van der Waals surface area contributed by atoms with E-state index in [0.717, 1.165) is 57.4 Å². The SMILES string of the molecule is CNc1ccc(C2CN(c3nc4cc(C)c(CC(=O)O)cc4s3)CCN2C(C)C)cc1C=N. The standard InChI is InChI=1S/C25H31N5O2S/c1-15(2)30-8-7-29(14-22(30)17-5-6-20(27-4)19(10-17)13-26)25-28-21-9-16(3)18(12-24(31)32)11-23(21)33-25/h5-6,9-11,13,15,22,26-27H,7-8,12,14H2,1-4H3,(H,31,32). The molecule has 1 aromatic heterocycles. The van der Waals surface area contributed by atoms with Crippen LogP contribution in [0.4, 0.5) is 10.8 Å². The molecule has 3 aromatic rings. The average molecular weight is 466 g/mol. The van der Waals surface area contributed by atoms with Crippen molar-refractivity contribution < 1.29 is 9.90 Å². The zero-order valence-electron chi connectivity index (χ0n) is 19.6. The van der Waals surface area contributed by atoms with E-state index >= 15 is 0 Å². The molecule has 1 saturated heterocycles. The highest BCUT2D eigenvalue weighted by atomic mass is 32.1. The summed E-state index contributed by atoms with van der Waals surface area (Å²) in [5.74, 6) is -0.816. The normalized spacial score (nSPS) is 17.0. The van der Waals surface area contributed by atoms with Crippen LogP contribution in [0.25, 0.3) is 10.2 Å². The van der Waals surface area contributed by atoms with Crippen molar-refractivity contribution in [2.45, 2.75) is 39.3 Å². The Hall–Kier alpha value is -2.97. The Kier molecular flexibility index (Phi) is 6.67. The summed E-state index contributed by atoms with van der Waals surface area (Å²) in [5, 5.41) is 21.2. The number of nitrogens with one attached hydrogen (secondary N) is 2.